The lowest BCUT2D eigenvalue weighted by Gasteiger charge is -2.06. The fourth-order valence-electron chi connectivity index (χ4n) is 0.670. The summed E-state index contributed by atoms with van der Waals surface area (Å²) in [5, 5.41) is 0. The molecule has 0 aliphatic heterocycles. The molecule has 1 aromatic rings. The van der Waals surface area contributed by atoms with Crippen LogP contribution in [0.15, 0.2) is 18.2 Å². The van der Waals surface area contributed by atoms with Crippen LogP contribution in [-0.4, -0.2) is 11.1 Å². The van der Waals surface area contributed by atoms with E-state index in [1.54, 1.807) is 13.0 Å². The molecule has 0 amide bonds. The summed E-state index contributed by atoms with van der Waals surface area (Å²) < 4.78 is 17.5. The first-order valence-corrected chi connectivity index (χ1v) is 3.47. The minimum absolute atomic E-state index is 0.209. The van der Waals surface area contributed by atoms with Gasteiger partial charge < -0.3 is 4.74 Å². The third-order valence-electron chi connectivity index (χ3n) is 1.22. The lowest BCUT2D eigenvalue weighted by molar-refractivity contribution is 0.264. The summed E-state index contributed by atoms with van der Waals surface area (Å²) in [5.74, 6) is 1.98. The molecule has 0 saturated heterocycles. The summed E-state index contributed by atoms with van der Waals surface area (Å²) in [6.07, 6.45) is 4.67. The van der Waals surface area contributed by atoms with Gasteiger partial charge in [-0.1, -0.05) is 12.0 Å². The molecule has 0 bridgehead atoms. The maximum Gasteiger partial charge on any atom is 0.217 e. The molecular formula is C9H8FNO. The molecule has 0 aliphatic carbocycles. The van der Waals surface area contributed by atoms with Crippen LogP contribution in [0.25, 0.3) is 0 Å². The Morgan fingerprint density at radius 1 is 1.67 bits per heavy atom. The minimum Gasteiger partial charge on any atom is -0.461 e. The third-order valence-corrected chi connectivity index (χ3v) is 1.22. The Morgan fingerprint density at radius 2 is 2.42 bits per heavy atom. The Bertz CT molecular complexity index is 306. The lowest BCUT2D eigenvalue weighted by Crippen LogP contribution is -2.09. The van der Waals surface area contributed by atoms with Crippen molar-refractivity contribution in [1.82, 2.24) is 4.98 Å². The molecule has 0 aliphatic rings. The second-order valence-corrected chi connectivity index (χ2v) is 2.23. The number of halogens is 1. The van der Waals surface area contributed by atoms with E-state index in [1.807, 2.05) is 0 Å². The molecule has 0 saturated carbocycles. The number of nitrogens with zero attached hydrogens (tertiary/aromatic N) is 1. The first-order valence-electron chi connectivity index (χ1n) is 3.47. The van der Waals surface area contributed by atoms with Crippen LogP contribution in [0.5, 0.6) is 5.88 Å². The highest BCUT2D eigenvalue weighted by atomic mass is 19.1. The molecule has 12 heavy (non-hydrogen) atoms. The van der Waals surface area contributed by atoms with Gasteiger partial charge in [0, 0.05) is 6.07 Å². The highest BCUT2D eigenvalue weighted by molar-refractivity contribution is 5.12. The van der Waals surface area contributed by atoms with Crippen LogP contribution in [-0.2, 0) is 0 Å². The zero-order chi connectivity index (χ0) is 8.97. The second-order valence-electron chi connectivity index (χ2n) is 2.23. The minimum atomic E-state index is -0.572. The molecule has 2 nitrogen and oxygen atoms in total. The summed E-state index contributed by atoms with van der Waals surface area (Å²) in [5.41, 5.74) is 0. The van der Waals surface area contributed by atoms with Gasteiger partial charge in [0.15, 0.2) is 6.10 Å². The third kappa shape index (κ3) is 2.24. The zero-order valence-corrected chi connectivity index (χ0v) is 6.62. The van der Waals surface area contributed by atoms with Crippen LogP contribution in [0, 0.1) is 18.3 Å². The summed E-state index contributed by atoms with van der Waals surface area (Å²) in [6.45, 7) is 1.69. The van der Waals surface area contributed by atoms with Gasteiger partial charge in [-0.25, -0.2) is 0 Å². The van der Waals surface area contributed by atoms with Gasteiger partial charge in [-0.3, -0.25) is 0 Å². The average Bonchev–Trinajstić information content (AvgIpc) is 2.04. The van der Waals surface area contributed by atoms with Gasteiger partial charge in [-0.2, -0.15) is 9.37 Å². The maximum absolute atomic E-state index is 12.5. The van der Waals surface area contributed by atoms with Crippen LogP contribution >= 0.6 is 0 Å². The molecule has 1 aromatic heterocycles. The van der Waals surface area contributed by atoms with Crippen molar-refractivity contribution in [2.75, 3.05) is 0 Å². The van der Waals surface area contributed by atoms with E-state index in [0.29, 0.717) is 0 Å². The van der Waals surface area contributed by atoms with E-state index in [9.17, 15) is 4.39 Å². The van der Waals surface area contributed by atoms with Gasteiger partial charge in [0.2, 0.25) is 11.8 Å². The standard InChI is InChI=1S/C9H8FNO/c1-3-7(2)12-9-6-4-5-8(10)11-9/h1,4-7H,2H3. The summed E-state index contributed by atoms with van der Waals surface area (Å²) >= 11 is 0. The van der Waals surface area contributed by atoms with Crippen molar-refractivity contribution in [3.63, 3.8) is 0 Å². The van der Waals surface area contributed by atoms with E-state index in [1.165, 1.54) is 12.1 Å². The normalized spacial score (nSPS) is 11.8. The van der Waals surface area contributed by atoms with Gasteiger partial charge in [-0.15, -0.1) is 6.42 Å². The molecular weight excluding hydrogens is 157 g/mol. The highest BCUT2D eigenvalue weighted by Crippen LogP contribution is 2.07. The Balaban J connectivity index is 2.71. The van der Waals surface area contributed by atoms with Gasteiger partial charge in [0.05, 0.1) is 0 Å². The van der Waals surface area contributed by atoms with E-state index in [2.05, 4.69) is 10.9 Å². The number of ether oxygens (including phenoxy) is 1. The van der Waals surface area contributed by atoms with E-state index >= 15 is 0 Å². The lowest BCUT2D eigenvalue weighted by atomic mass is 10.4. The van der Waals surface area contributed by atoms with Gasteiger partial charge in [0.1, 0.15) is 0 Å². The number of hydrogen-bond acceptors (Lipinski definition) is 2. The number of terminal acetylenes is 1. The van der Waals surface area contributed by atoms with Gasteiger partial charge in [0.25, 0.3) is 0 Å². The summed E-state index contributed by atoms with van der Waals surface area (Å²) in [4.78, 5) is 3.48. The molecule has 1 rings (SSSR count). The van der Waals surface area contributed by atoms with E-state index in [0.717, 1.165) is 0 Å². The molecule has 0 radical (unpaired) electrons. The van der Waals surface area contributed by atoms with E-state index in [-0.39, 0.29) is 12.0 Å². The van der Waals surface area contributed by atoms with E-state index in [4.69, 9.17) is 11.2 Å². The van der Waals surface area contributed by atoms with Crippen molar-refractivity contribution in [2.24, 2.45) is 0 Å². The fraction of sp³-hybridized carbons (Fsp3) is 0.222. The second kappa shape index (κ2) is 3.72. The number of rotatable bonds is 2. The van der Waals surface area contributed by atoms with Gasteiger partial charge in [-0.05, 0) is 13.0 Å². The highest BCUT2D eigenvalue weighted by Gasteiger charge is 2.00. The topological polar surface area (TPSA) is 22.1 Å². The van der Waals surface area contributed by atoms with Crippen LogP contribution in [0.2, 0.25) is 0 Å². The van der Waals surface area contributed by atoms with Gasteiger partial charge >= 0.3 is 0 Å². The molecule has 1 atom stereocenters. The van der Waals surface area contributed by atoms with Crippen LogP contribution < -0.4 is 4.74 Å². The van der Waals surface area contributed by atoms with Crippen LogP contribution in [0.4, 0.5) is 4.39 Å². The first kappa shape index (κ1) is 8.54. The van der Waals surface area contributed by atoms with Crippen molar-refractivity contribution in [3.8, 4) is 18.2 Å². The van der Waals surface area contributed by atoms with Crippen molar-refractivity contribution < 1.29 is 9.13 Å². The zero-order valence-electron chi connectivity index (χ0n) is 6.62. The molecule has 0 fully saturated rings. The number of aromatic nitrogens is 1. The van der Waals surface area contributed by atoms with Crippen LogP contribution in [0.3, 0.4) is 0 Å². The quantitative estimate of drug-likeness (QED) is 0.490. The largest absolute Gasteiger partial charge is 0.461 e. The monoisotopic (exact) mass is 165 g/mol. The summed E-state index contributed by atoms with van der Waals surface area (Å²) in [6, 6.07) is 4.31. The maximum atomic E-state index is 12.5. The summed E-state index contributed by atoms with van der Waals surface area (Å²) in [7, 11) is 0. The molecule has 1 heterocycles. The fourth-order valence-corrected chi connectivity index (χ4v) is 0.670. The molecule has 0 N–H and O–H groups in total. The molecule has 62 valence electrons. The van der Waals surface area contributed by atoms with Crippen molar-refractivity contribution in [1.29, 1.82) is 0 Å². The predicted molar refractivity (Wildman–Crippen MR) is 43.1 cm³/mol. The smallest absolute Gasteiger partial charge is 0.217 e. The molecule has 1 unspecified atom stereocenters. The molecule has 0 spiro atoms. The van der Waals surface area contributed by atoms with Crippen LogP contribution in [0.1, 0.15) is 6.92 Å². The average molecular weight is 165 g/mol. The van der Waals surface area contributed by atoms with Crippen molar-refractivity contribution in [2.45, 2.75) is 13.0 Å². The molecule has 3 heteroatoms. The van der Waals surface area contributed by atoms with Crippen molar-refractivity contribution in [3.05, 3.63) is 24.1 Å². The van der Waals surface area contributed by atoms with Crippen molar-refractivity contribution >= 4 is 0 Å². The molecule has 0 aromatic carbocycles. The SMILES string of the molecule is C#CC(C)Oc1cccc(F)n1. The Kier molecular flexibility index (Phi) is 2.65. The number of pyridine rings is 1. The Hall–Kier alpha value is -1.56. The Labute approximate surface area is 70.4 Å². The predicted octanol–water partition coefficient (Wildman–Crippen LogP) is 1.62. The Morgan fingerprint density at radius 3 is 3.00 bits per heavy atom. The number of hydrogen-bond donors (Lipinski definition) is 0. The first-order chi connectivity index (χ1) is 5.72. The van der Waals surface area contributed by atoms with E-state index < -0.39 is 5.95 Å².